The Kier molecular flexibility index (Phi) is 12.1. The van der Waals surface area contributed by atoms with Gasteiger partial charge in [0.25, 0.3) is 0 Å². The Labute approximate surface area is 130 Å². The molecule has 0 aliphatic heterocycles. The molecule has 1 atom stereocenters. The Morgan fingerprint density at radius 3 is 1.95 bits per heavy atom. The monoisotopic (exact) mass is 302 g/mol. The molecule has 1 unspecified atom stereocenters. The first kappa shape index (κ1) is 18.9. The van der Waals surface area contributed by atoms with Crippen LogP contribution in [0.5, 0.6) is 0 Å². The van der Waals surface area contributed by atoms with Crippen molar-refractivity contribution < 1.29 is 19.3 Å². The molecule has 0 radical (unpaired) electrons. The molecular weight excluding hydrogens is 268 g/mol. The van der Waals surface area contributed by atoms with Gasteiger partial charge in [-0.2, -0.15) is 0 Å². The molecule has 0 spiro atoms. The Morgan fingerprint density at radius 2 is 1.38 bits per heavy atom. The zero-order valence-electron chi connectivity index (χ0n) is 13.7. The number of unbranched alkanes of at least 4 members (excludes halogenated alkanes) is 1. The average Bonchev–Trinajstić information content (AvgIpc) is 3.02. The first-order valence-corrected chi connectivity index (χ1v) is 8.76. The van der Waals surface area contributed by atoms with Gasteiger partial charge in [0.15, 0.2) is 0 Å². The van der Waals surface area contributed by atoms with Gasteiger partial charge in [0.1, 0.15) is 0 Å². The molecule has 1 rings (SSSR count). The zero-order chi connectivity index (χ0) is 15.2. The van der Waals surface area contributed by atoms with Gasteiger partial charge in [-0.25, -0.2) is 0 Å². The van der Waals surface area contributed by atoms with E-state index in [9.17, 15) is 5.11 Å². The number of ether oxygens (including phenoxy) is 3. The van der Waals surface area contributed by atoms with E-state index in [0.29, 0.717) is 32.3 Å². The Morgan fingerprint density at radius 1 is 0.857 bits per heavy atom. The molecule has 0 aromatic heterocycles. The summed E-state index contributed by atoms with van der Waals surface area (Å²) in [6.07, 6.45) is 8.98. The lowest BCUT2D eigenvalue weighted by Crippen LogP contribution is -2.18. The highest BCUT2D eigenvalue weighted by atomic mass is 16.5. The number of hydrogen-bond donors (Lipinski definition) is 1. The summed E-state index contributed by atoms with van der Waals surface area (Å²) in [7, 11) is 0. The van der Waals surface area contributed by atoms with E-state index in [1.807, 2.05) is 0 Å². The topological polar surface area (TPSA) is 47.9 Å². The predicted octanol–water partition coefficient (Wildman–Crippen LogP) is 3.17. The van der Waals surface area contributed by atoms with Crippen molar-refractivity contribution >= 4 is 0 Å². The molecule has 4 nitrogen and oxygen atoms in total. The van der Waals surface area contributed by atoms with E-state index in [4.69, 9.17) is 14.2 Å². The summed E-state index contributed by atoms with van der Waals surface area (Å²) in [5, 5.41) is 10.0. The van der Waals surface area contributed by atoms with E-state index in [1.165, 1.54) is 32.1 Å². The van der Waals surface area contributed by atoms with E-state index in [1.54, 1.807) is 0 Å². The maximum atomic E-state index is 10.0. The molecule has 126 valence electrons. The molecule has 21 heavy (non-hydrogen) atoms. The van der Waals surface area contributed by atoms with Crippen LogP contribution in [-0.4, -0.2) is 50.9 Å². The molecule has 0 bridgehead atoms. The van der Waals surface area contributed by atoms with E-state index in [2.05, 4.69) is 6.92 Å². The predicted molar refractivity (Wildman–Crippen MR) is 84.6 cm³/mol. The van der Waals surface area contributed by atoms with Crippen molar-refractivity contribution in [3.63, 3.8) is 0 Å². The van der Waals surface area contributed by atoms with Crippen LogP contribution in [0.1, 0.15) is 58.3 Å². The normalized spacial score (nSPS) is 17.4. The number of aliphatic hydroxyl groups is 1. The largest absolute Gasteiger partial charge is 0.393 e. The van der Waals surface area contributed by atoms with Gasteiger partial charge >= 0.3 is 0 Å². The Hall–Kier alpha value is -0.160. The molecule has 0 saturated heterocycles. The summed E-state index contributed by atoms with van der Waals surface area (Å²) >= 11 is 0. The second kappa shape index (κ2) is 13.5. The molecule has 0 heterocycles. The van der Waals surface area contributed by atoms with E-state index in [0.717, 1.165) is 32.5 Å². The molecule has 4 heteroatoms. The summed E-state index contributed by atoms with van der Waals surface area (Å²) < 4.78 is 16.3. The SMILES string of the molecule is CCCCOCCOCCOCCCC(O)C1CCCC1. The fraction of sp³-hybridized carbons (Fsp3) is 1.00. The lowest BCUT2D eigenvalue weighted by molar-refractivity contribution is 0.0106. The summed E-state index contributed by atoms with van der Waals surface area (Å²) in [6, 6.07) is 0. The van der Waals surface area contributed by atoms with Crippen LogP contribution in [0.2, 0.25) is 0 Å². The highest BCUT2D eigenvalue weighted by Crippen LogP contribution is 2.29. The minimum Gasteiger partial charge on any atom is -0.393 e. The summed E-state index contributed by atoms with van der Waals surface area (Å²) in [5.74, 6) is 0.543. The molecule has 0 amide bonds. The van der Waals surface area contributed by atoms with Crippen LogP contribution in [-0.2, 0) is 14.2 Å². The van der Waals surface area contributed by atoms with Crippen LogP contribution < -0.4 is 0 Å². The zero-order valence-corrected chi connectivity index (χ0v) is 13.7. The van der Waals surface area contributed by atoms with Crippen LogP contribution in [0.3, 0.4) is 0 Å². The lowest BCUT2D eigenvalue weighted by atomic mass is 9.97. The van der Waals surface area contributed by atoms with Gasteiger partial charge in [-0.3, -0.25) is 0 Å². The van der Waals surface area contributed by atoms with Gasteiger partial charge < -0.3 is 19.3 Å². The molecule has 1 aliphatic rings. The Bertz CT molecular complexity index is 217. The van der Waals surface area contributed by atoms with Crippen LogP contribution in [0, 0.1) is 5.92 Å². The maximum Gasteiger partial charge on any atom is 0.0701 e. The van der Waals surface area contributed by atoms with Crippen molar-refractivity contribution in [2.75, 3.05) is 39.6 Å². The molecule has 1 fully saturated rings. The van der Waals surface area contributed by atoms with Crippen LogP contribution in [0.15, 0.2) is 0 Å². The maximum absolute atomic E-state index is 10.0. The van der Waals surface area contributed by atoms with Gasteiger partial charge in [-0.1, -0.05) is 26.2 Å². The van der Waals surface area contributed by atoms with Crippen molar-refractivity contribution in [2.24, 2.45) is 5.92 Å². The average molecular weight is 302 g/mol. The standard InChI is InChI=1S/C17H34O4/c1-2-3-10-19-12-14-21-15-13-20-11-6-9-17(18)16-7-4-5-8-16/h16-18H,2-15H2,1H3. The minimum atomic E-state index is -0.118. The molecular formula is C17H34O4. The van der Waals surface area contributed by atoms with Crippen molar-refractivity contribution in [1.82, 2.24) is 0 Å². The first-order valence-electron chi connectivity index (χ1n) is 8.76. The van der Waals surface area contributed by atoms with E-state index < -0.39 is 0 Å². The van der Waals surface area contributed by atoms with E-state index in [-0.39, 0.29) is 6.10 Å². The fourth-order valence-electron chi connectivity index (χ4n) is 2.76. The Balaban J connectivity index is 1.74. The molecule has 1 aliphatic carbocycles. The third-order valence-corrected chi connectivity index (χ3v) is 4.12. The number of hydrogen-bond acceptors (Lipinski definition) is 4. The smallest absolute Gasteiger partial charge is 0.0701 e. The van der Waals surface area contributed by atoms with Crippen molar-refractivity contribution in [3.05, 3.63) is 0 Å². The van der Waals surface area contributed by atoms with Gasteiger partial charge in [-0.15, -0.1) is 0 Å². The highest BCUT2D eigenvalue weighted by molar-refractivity contribution is 4.74. The van der Waals surface area contributed by atoms with Crippen LogP contribution in [0.25, 0.3) is 0 Å². The lowest BCUT2D eigenvalue weighted by Gasteiger charge is -2.17. The molecule has 0 aromatic carbocycles. The van der Waals surface area contributed by atoms with Crippen LogP contribution >= 0.6 is 0 Å². The van der Waals surface area contributed by atoms with Gasteiger partial charge in [-0.05, 0) is 38.0 Å². The molecule has 0 aromatic rings. The summed E-state index contributed by atoms with van der Waals surface area (Å²) in [6.45, 7) is 6.29. The van der Waals surface area contributed by atoms with Crippen molar-refractivity contribution in [1.29, 1.82) is 0 Å². The summed E-state index contributed by atoms with van der Waals surface area (Å²) in [4.78, 5) is 0. The number of rotatable bonds is 14. The third-order valence-electron chi connectivity index (χ3n) is 4.12. The van der Waals surface area contributed by atoms with Gasteiger partial charge in [0.2, 0.25) is 0 Å². The fourth-order valence-corrected chi connectivity index (χ4v) is 2.76. The summed E-state index contributed by atoms with van der Waals surface area (Å²) in [5.41, 5.74) is 0. The number of aliphatic hydroxyl groups excluding tert-OH is 1. The minimum absolute atomic E-state index is 0.118. The molecule has 1 N–H and O–H groups in total. The molecule has 1 saturated carbocycles. The van der Waals surface area contributed by atoms with Gasteiger partial charge in [0.05, 0.1) is 32.5 Å². The van der Waals surface area contributed by atoms with Crippen LogP contribution in [0.4, 0.5) is 0 Å². The second-order valence-corrected chi connectivity index (χ2v) is 5.94. The highest BCUT2D eigenvalue weighted by Gasteiger charge is 2.22. The quantitative estimate of drug-likeness (QED) is 0.501. The second-order valence-electron chi connectivity index (χ2n) is 5.94. The van der Waals surface area contributed by atoms with E-state index >= 15 is 0 Å². The van der Waals surface area contributed by atoms with Gasteiger partial charge in [0, 0.05) is 13.2 Å². The van der Waals surface area contributed by atoms with Crippen molar-refractivity contribution in [2.45, 2.75) is 64.4 Å². The first-order chi connectivity index (χ1) is 10.3. The third kappa shape index (κ3) is 10.2. The van der Waals surface area contributed by atoms with Crippen molar-refractivity contribution in [3.8, 4) is 0 Å².